The number of anilines is 1. The lowest BCUT2D eigenvalue weighted by Crippen LogP contribution is -2.51. The van der Waals surface area contributed by atoms with Gasteiger partial charge in [0.15, 0.2) is 0 Å². The van der Waals surface area contributed by atoms with Crippen LogP contribution in [0.4, 0.5) is 11.4 Å². The Labute approximate surface area is 240 Å². The quantitative estimate of drug-likeness (QED) is 0.154. The van der Waals surface area contributed by atoms with Crippen LogP contribution in [0.1, 0.15) is 54.4 Å². The molecule has 0 spiro atoms. The molecule has 0 N–H and O–H groups in total. The summed E-state index contributed by atoms with van der Waals surface area (Å²) in [7, 11) is 0. The zero-order chi connectivity index (χ0) is 28.7. The van der Waals surface area contributed by atoms with Crippen molar-refractivity contribution in [1.29, 1.82) is 0 Å². The van der Waals surface area contributed by atoms with Crippen molar-refractivity contribution in [3.8, 4) is 10.6 Å². The van der Waals surface area contributed by atoms with Gasteiger partial charge in [0.25, 0.3) is 17.5 Å². The van der Waals surface area contributed by atoms with Crippen LogP contribution in [-0.2, 0) is 9.59 Å². The number of aryl methyl sites for hydroxylation is 1. The van der Waals surface area contributed by atoms with E-state index in [1.807, 2.05) is 31.2 Å². The van der Waals surface area contributed by atoms with Gasteiger partial charge in [0.1, 0.15) is 11.0 Å². The van der Waals surface area contributed by atoms with Crippen LogP contribution in [0.25, 0.3) is 20.8 Å². The Balaban J connectivity index is 1.28. The highest BCUT2D eigenvalue weighted by atomic mass is 32.1. The Morgan fingerprint density at radius 1 is 1.02 bits per heavy atom. The first-order valence-electron chi connectivity index (χ1n) is 13.7. The summed E-state index contributed by atoms with van der Waals surface area (Å²) < 4.78 is 1.09. The maximum atomic E-state index is 13.8. The molecule has 1 aromatic heterocycles. The molecule has 10 heteroatoms. The number of rotatable bonds is 6. The number of hydrogen-bond acceptors (Lipinski definition) is 7. The smallest absolute Gasteiger partial charge is 0.270 e. The molecule has 1 saturated heterocycles. The predicted octanol–water partition coefficient (Wildman–Crippen LogP) is 6.29. The summed E-state index contributed by atoms with van der Waals surface area (Å²) in [6, 6.07) is 17.6. The highest BCUT2D eigenvalue weighted by Gasteiger charge is 2.46. The lowest BCUT2D eigenvalue weighted by atomic mass is 9.92. The molecule has 6 rings (SSSR count). The van der Waals surface area contributed by atoms with Gasteiger partial charge >= 0.3 is 0 Å². The van der Waals surface area contributed by atoms with Gasteiger partial charge in [-0.15, -0.1) is 11.3 Å². The number of aromatic nitrogens is 1. The van der Waals surface area contributed by atoms with E-state index in [1.165, 1.54) is 29.2 Å². The molecule has 208 valence electrons. The van der Waals surface area contributed by atoms with Crippen molar-refractivity contribution >= 4 is 50.6 Å². The van der Waals surface area contributed by atoms with Gasteiger partial charge in [0, 0.05) is 29.3 Å². The van der Waals surface area contributed by atoms with Crippen LogP contribution < -0.4 is 4.90 Å². The maximum Gasteiger partial charge on any atom is 0.270 e. The van der Waals surface area contributed by atoms with Crippen molar-refractivity contribution < 1.29 is 19.3 Å². The van der Waals surface area contributed by atoms with Gasteiger partial charge < -0.3 is 4.90 Å². The van der Waals surface area contributed by atoms with Gasteiger partial charge in [-0.2, -0.15) is 0 Å². The molecule has 3 amide bonds. The standard InChI is InChI=1S/C31H28N4O5S/c1-19-10-15-25-27(16-19)41-29(32-25)20-11-13-23(14-12-20)34-28(36)18-26(31(34)38)33(22-7-3-2-4-8-22)30(37)21-6-5-9-24(17-21)35(39)40/h5-6,9-17,22,26H,2-4,7-8,18H2,1H3. The third kappa shape index (κ3) is 5.11. The van der Waals surface area contributed by atoms with E-state index in [2.05, 4.69) is 6.07 Å². The molecule has 9 nitrogen and oxygen atoms in total. The van der Waals surface area contributed by atoms with Crippen LogP contribution in [0.15, 0.2) is 66.7 Å². The number of fused-ring (bicyclic) bond motifs is 1. The monoisotopic (exact) mass is 568 g/mol. The molecule has 4 aromatic rings. The summed E-state index contributed by atoms with van der Waals surface area (Å²) in [5.41, 5.74) is 3.35. The molecule has 0 bridgehead atoms. The lowest BCUT2D eigenvalue weighted by Gasteiger charge is -2.37. The summed E-state index contributed by atoms with van der Waals surface area (Å²) in [6.07, 6.45) is 4.17. The summed E-state index contributed by atoms with van der Waals surface area (Å²) in [5, 5.41) is 12.2. The second-order valence-electron chi connectivity index (χ2n) is 10.6. The Morgan fingerprint density at radius 3 is 2.51 bits per heavy atom. The van der Waals surface area contributed by atoms with Crippen LogP contribution in [0.2, 0.25) is 0 Å². The number of nitro groups is 1. The first-order valence-corrected chi connectivity index (χ1v) is 14.5. The highest BCUT2D eigenvalue weighted by molar-refractivity contribution is 7.21. The van der Waals surface area contributed by atoms with Gasteiger partial charge in [0.05, 0.1) is 27.2 Å². The van der Waals surface area contributed by atoms with E-state index in [1.54, 1.807) is 23.5 Å². The fourth-order valence-corrected chi connectivity index (χ4v) is 6.90. The summed E-state index contributed by atoms with van der Waals surface area (Å²) in [4.78, 5) is 59.1. The number of carbonyl (C=O) groups excluding carboxylic acids is 3. The number of benzene rings is 3. The number of nitro benzene ring substituents is 1. The zero-order valence-electron chi connectivity index (χ0n) is 22.5. The van der Waals surface area contributed by atoms with Gasteiger partial charge in [-0.25, -0.2) is 9.88 Å². The van der Waals surface area contributed by atoms with Crippen molar-refractivity contribution in [3.05, 3.63) is 88.0 Å². The van der Waals surface area contributed by atoms with Gasteiger partial charge in [-0.05, 0) is 67.8 Å². The fraction of sp³-hybridized carbons (Fsp3) is 0.290. The van der Waals surface area contributed by atoms with Crippen LogP contribution in [0, 0.1) is 17.0 Å². The second kappa shape index (κ2) is 10.9. The number of thiazole rings is 1. The van der Waals surface area contributed by atoms with E-state index in [0.717, 1.165) is 63.4 Å². The molecule has 0 radical (unpaired) electrons. The van der Waals surface area contributed by atoms with Crippen LogP contribution in [0.5, 0.6) is 0 Å². The van der Waals surface area contributed by atoms with Crippen molar-refractivity contribution in [2.24, 2.45) is 0 Å². The molecule has 3 aromatic carbocycles. The third-order valence-electron chi connectivity index (χ3n) is 7.88. The number of imide groups is 1. The highest BCUT2D eigenvalue weighted by Crippen LogP contribution is 2.35. The van der Waals surface area contributed by atoms with Crippen molar-refractivity contribution in [3.63, 3.8) is 0 Å². The zero-order valence-corrected chi connectivity index (χ0v) is 23.3. The molecule has 2 aliphatic rings. The number of amides is 3. The minimum Gasteiger partial charge on any atom is -0.323 e. The van der Waals surface area contributed by atoms with E-state index in [9.17, 15) is 24.5 Å². The average Bonchev–Trinajstić information content (AvgIpc) is 3.53. The van der Waals surface area contributed by atoms with Crippen molar-refractivity contribution in [2.75, 3.05) is 4.90 Å². The van der Waals surface area contributed by atoms with Crippen molar-refractivity contribution in [1.82, 2.24) is 9.88 Å². The Morgan fingerprint density at radius 2 is 1.78 bits per heavy atom. The van der Waals surface area contributed by atoms with Crippen molar-refractivity contribution in [2.45, 2.75) is 57.5 Å². The minimum atomic E-state index is -0.968. The number of carbonyl (C=O) groups is 3. The molecule has 2 heterocycles. The summed E-state index contributed by atoms with van der Waals surface area (Å²) >= 11 is 1.58. The van der Waals surface area contributed by atoms with Crippen LogP contribution >= 0.6 is 11.3 Å². The van der Waals surface area contributed by atoms with Gasteiger partial charge in [-0.3, -0.25) is 24.5 Å². The molecular weight excluding hydrogens is 540 g/mol. The molecular formula is C31H28N4O5S. The largest absolute Gasteiger partial charge is 0.323 e. The van der Waals surface area contributed by atoms with Crippen LogP contribution in [0.3, 0.4) is 0 Å². The Kier molecular flexibility index (Phi) is 7.08. The number of non-ortho nitro benzene ring substituents is 1. The Hall–Kier alpha value is -4.44. The first-order chi connectivity index (χ1) is 19.8. The average molecular weight is 569 g/mol. The molecule has 1 atom stereocenters. The molecule has 1 unspecified atom stereocenters. The second-order valence-corrected chi connectivity index (χ2v) is 11.7. The van der Waals surface area contributed by atoms with E-state index in [0.29, 0.717) is 5.69 Å². The first kappa shape index (κ1) is 26.8. The van der Waals surface area contributed by atoms with E-state index >= 15 is 0 Å². The molecule has 41 heavy (non-hydrogen) atoms. The molecule has 1 aliphatic carbocycles. The number of hydrogen-bond donors (Lipinski definition) is 0. The maximum absolute atomic E-state index is 13.8. The molecule has 2 fully saturated rings. The number of nitrogens with zero attached hydrogens (tertiary/aromatic N) is 4. The van der Waals surface area contributed by atoms with Gasteiger partial charge in [-0.1, -0.05) is 31.4 Å². The van der Waals surface area contributed by atoms with Crippen LogP contribution in [-0.4, -0.2) is 44.6 Å². The predicted molar refractivity (Wildman–Crippen MR) is 157 cm³/mol. The van der Waals surface area contributed by atoms with E-state index in [-0.39, 0.29) is 29.6 Å². The van der Waals surface area contributed by atoms with E-state index in [4.69, 9.17) is 4.98 Å². The minimum absolute atomic E-state index is 0.130. The van der Waals surface area contributed by atoms with Gasteiger partial charge in [0.2, 0.25) is 5.91 Å². The normalized spacial score (nSPS) is 17.8. The summed E-state index contributed by atoms with van der Waals surface area (Å²) in [6.45, 7) is 2.04. The topological polar surface area (TPSA) is 114 Å². The fourth-order valence-electron chi connectivity index (χ4n) is 5.84. The molecule has 1 aliphatic heterocycles. The Bertz CT molecular complexity index is 1680. The van der Waals surface area contributed by atoms with E-state index < -0.39 is 22.8 Å². The molecule has 1 saturated carbocycles. The summed E-state index contributed by atoms with van der Waals surface area (Å²) in [5.74, 6) is -1.30. The lowest BCUT2D eigenvalue weighted by molar-refractivity contribution is -0.384. The third-order valence-corrected chi connectivity index (χ3v) is 8.95. The SMILES string of the molecule is Cc1ccc2nc(-c3ccc(N4C(=O)CC(N(C(=O)c5cccc([N+](=O)[O-])c5)C5CCCCC5)C4=O)cc3)sc2c1.